The third-order valence-corrected chi connectivity index (χ3v) is 2.76. The molecule has 3 rings (SSSR count). The quantitative estimate of drug-likeness (QED) is 0.614. The van der Waals surface area contributed by atoms with Crippen LogP contribution in [0.2, 0.25) is 5.15 Å². The van der Waals surface area contributed by atoms with Crippen LogP contribution in [-0.4, -0.2) is 15.0 Å². The Balaban J connectivity index is 2.21. The summed E-state index contributed by atoms with van der Waals surface area (Å²) in [4.78, 5) is 12.8. The first-order valence-corrected chi connectivity index (χ1v) is 5.55. The summed E-state index contributed by atoms with van der Waals surface area (Å²) >= 11 is 5.94. The van der Waals surface area contributed by atoms with E-state index in [-0.39, 0.29) is 0 Å². The Morgan fingerprint density at radius 2 is 1.76 bits per heavy atom. The Kier molecular flexibility index (Phi) is 2.46. The van der Waals surface area contributed by atoms with Crippen molar-refractivity contribution in [2.75, 3.05) is 0 Å². The van der Waals surface area contributed by atoms with Crippen LogP contribution >= 0.6 is 11.6 Å². The molecule has 17 heavy (non-hydrogen) atoms. The Labute approximate surface area is 103 Å². The van der Waals surface area contributed by atoms with Gasteiger partial charge in [0.25, 0.3) is 0 Å². The summed E-state index contributed by atoms with van der Waals surface area (Å²) in [5.41, 5.74) is 3.26. The summed E-state index contributed by atoms with van der Waals surface area (Å²) < 4.78 is 0. The summed E-state index contributed by atoms with van der Waals surface area (Å²) in [6.45, 7) is 0. The van der Waals surface area contributed by atoms with Gasteiger partial charge in [0.05, 0.1) is 17.4 Å². The average Bonchev–Trinajstić information content (AvgIpc) is 2.40. The van der Waals surface area contributed by atoms with Gasteiger partial charge < -0.3 is 0 Å². The summed E-state index contributed by atoms with van der Waals surface area (Å²) in [6.07, 6.45) is 3.35. The largest absolute Gasteiger partial charge is 0.249 e. The first-order chi connectivity index (χ1) is 8.34. The van der Waals surface area contributed by atoms with Crippen molar-refractivity contribution < 1.29 is 0 Å². The van der Waals surface area contributed by atoms with Crippen molar-refractivity contribution in [3.8, 4) is 11.3 Å². The fraction of sp³-hybridized carbons (Fsp3) is 0. The molecule has 3 nitrogen and oxygen atoms in total. The van der Waals surface area contributed by atoms with Crippen LogP contribution in [0.3, 0.4) is 0 Å². The lowest BCUT2D eigenvalue weighted by molar-refractivity contribution is 1.25. The molecule has 0 aliphatic rings. The van der Waals surface area contributed by atoms with Crippen molar-refractivity contribution in [2.24, 2.45) is 0 Å². The molecule has 0 bridgehead atoms. The molecule has 0 radical (unpaired) electrons. The highest BCUT2D eigenvalue weighted by molar-refractivity contribution is 6.33. The van der Waals surface area contributed by atoms with Gasteiger partial charge in [0.15, 0.2) is 5.15 Å². The van der Waals surface area contributed by atoms with E-state index in [4.69, 9.17) is 11.6 Å². The van der Waals surface area contributed by atoms with Crippen molar-refractivity contribution in [3.63, 3.8) is 0 Å². The van der Waals surface area contributed by atoms with Gasteiger partial charge in [-0.3, -0.25) is 0 Å². The summed E-state index contributed by atoms with van der Waals surface area (Å²) in [5, 5.41) is 0.384. The van der Waals surface area contributed by atoms with Gasteiger partial charge in [-0.15, -0.1) is 0 Å². The molecule has 1 aromatic carbocycles. The summed E-state index contributed by atoms with van der Waals surface area (Å²) in [6, 6.07) is 11.7. The molecule has 0 N–H and O–H groups in total. The molecular weight excluding hydrogens is 234 g/mol. The molecule has 2 heterocycles. The molecule has 0 amide bonds. The second kappa shape index (κ2) is 4.11. The van der Waals surface area contributed by atoms with E-state index < -0.39 is 0 Å². The molecule has 0 saturated carbocycles. The zero-order valence-electron chi connectivity index (χ0n) is 8.84. The number of pyridine rings is 1. The molecular formula is C13H8ClN3. The fourth-order valence-corrected chi connectivity index (χ4v) is 1.86. The number of rotatable bonds is 1. The molecule has 0 atom stereocenters. The minimum Gasteiger partial charge on any atom is -0.249 e. The van der Waals surface area contributed by atoms with Crippen LogP contribution in [0.15, 0.2) is 48.8 Å². The van der Waals surface area contributed by atoms with Crippen molar-refractivity contribution in [1.82, 2.24) is 15.0 Å². The second-order valence-electron chi connectivity index (χ2n) is 3.59. The third-order valence-electron chi connectivity index (χ3n) is 2.48. The van der Waals surface area contributed by atoms with E-state index in [0.29, 0.717) is 10.7 Å². The van der Waals surface area contributed by atoms with Crippen LogP contribution < -0.4 is 0 Å². The predicted octanol–water partition coefficient (Wildman–Crippen LogP) is 3.35. The Morgan fingerprint density at radius 1 is 0.941 bits per heavy atom. The van der Waals surface area contributed by atoms with Crippen LogP contribution in [0.5, 0.6) is 0 Å². The van der Waals surface area contributed by atoms with Crippen molar-refractivity contribution >= 4 is 22.6 Å². The van der Waals surface area contributed by atoms with E-state index in [9.17, 15) is 0 Å². The smallest absolute Gasteiger partial charge is 0.156 e. The molecule has 0 spiro atoms. The molecule has 0 unspecified atom stereocenters. The van der Waals surface area contributed by atoms with Crippen LogP contribution in [0.25, 0.3) is 22.3 Å². The van der Waals surface area contributed by atoms with Gasteiger partial charge in [-0.1, -0.05) is 41.9 Å². The van der Waals surface area contributed by atoms with E-state index in [1.807, 2.05) is 30.3 Å². The van der Waals surface area contributed by atoms with E-state index in [1.165, 1.54) is 0 Å². The maximum absolute atomic E-state index is 5.94. The summed E-state index contributed by atoms with van der Waals surface area (Å²) in [5.74, 6) is 0. The van der Waals surface area contributed by atoms with Crippen molar-refractivity contribution in [3.05, 3.63) is 53.9 Å². The number of hydrogen-bond acceptors (Lipinski definition) is 3. The van der Waals surface area contributed by atoms with Gasteiger partial charge in [0.1, 0.15) is 5.52 Å². The van der Waals surface area contributed by atoms with Gasteiger partial charge in [-0.25, -0.2) is 15.0 Å². The average molecular weight is 242 g/mol. The normalized spacial score (nSPS) is 10.6. The van der Waals surface area contributed by atoms with Crippen LogP contribution in [-0.2, 0) is 0 Å². The number of halogens is 1. The lowest BCUT2D eigenvalue weighted by atomic mass is 10.1. The second-order valence-corrected chi connectivity index (χ2v) is 3.95. The monoisotopic (exact) mass is 241 g/mol. The Hall–Kier alpha value is -2.00. The lowest BCUT2D eigenvalue weighted by Gasteiger charge is -2.02. The molecule has 4 heteroatoms. The Morgan fingerprint density at radius 3 is 2.59 bits per heavy atom. The van der Waals surface area contributed by atoms with Gasteiger partial charge in [0.2, 0.25) is 0 Å². The van der Waals surface area contributed by atoms with Gasteiger partial charge in [-0.05, 0) is 6.07 Å². The van der Waals surface area contributed by atoms with Crippen molar-refractivity contribution in [2.45, 2.75) is 0 Å². The SMILES string of the molecule is Clc1nccc2nc(-c3ccccc3)cnc12. The minimum atomic E-state index is 0.384. The van der Waals surface area contributed by atoms with E-state index in [1.54, 1.807) is 18.5 Å². The number of nitrogens with zero attached hydrogens (tertiary/aromatic N) is 3. The van der Waals surface area contributed by atoms with E-state index in [2.05, 4.69) is 15.0 Å². The van der Waals surface area contributed by atoms with Crippen LogP contribution in [0, 0.1) is 0 Å². The van der Waals surface area contributed by atoms with Gasteiger partial charge in [-0.2, -0.15) is 0 Å². The fourth-order valence-electron chi connectivity index (χ4n) is 1.66. The lowest BCUT2D eigenvalue weighted by Crippen LogP contribution is -1.90. The predicted molar refractivity (Wildman–Crippen MR) is 67.8 cm³/mol. The molecule has 2 aromatic heterocycles. The zero-order valence-corrected chi connectivity index (χ0v) is 9.59. The maximum Gasteiger partial charge on any atom is 0.156 e. The number of hydrogen-bond donors (Lipinski definition) is 0. The molecule has 0 aliphatic carbocycles. The Bertz CT molecular complexity index is 668. The van der Waals surface area contributed by atoms with Crippen LogP contribution in [0.1, 0.15) is 0 Å². The third kappa shape index (κ3) is 1.85. The number of aromatic nitrogens is 3. The first-order valence-electron chi connectivity index (χ1n) is 5.17. The summed E-state index contributed by atoms with van der Waals surface area (Å²) in [7, 11) is 0. The van der Waals surface area contributed by atoms with Crippen LogP contribution in [0.4, 0.5) is 0 Å². The first kappa shape index (κ1) is 10.2. The topological polar surface area (TPSA) is 38.7 Å². The van der Waals surface area contributed by atoms with E-state index >= 15 is 0 Å². The highest BCUT2D eigenvalue weighted by atomic mass is 35.5. The van der Waals surface area contributed by atoms with Crippen molar-refractivity contribution in [1.29, 1.82) is 0 Å². The highest BCUT2D eigenvalue weighted by Crippen LogP contribution is 2.21. The standard InChI is InChI=1S/C13H8ClN3/c14-13-12-10(6-7-15-13)17-11(8-16-12)9-4-2-1-3-5-9/h1-8H. The molecule has 0 saturated heterocycles. The molecule has 0 fully saturated rings. The maximum atomic E-state index is 5.94. The highest BCUT2D eigenvalue weighted by Gasteiger charge is 2.05. The van der Waals surface area contributed by atoms with Gasteiger partial charge in [0, 0.05) is 11.8 Å². The molecule has 82 valence electrons. The van der Waals surface area contributed by atoms with E-state index in [0.717, 1.165) is 16.8 Å². The van der Waals surface area contributed by atoms with Gasteiger partial charge >= 0.3 is 0 Å². The minimum absolute atomic E-state index is 0.384. The zero-order chi connectivity index (χ0) is 11.7. The number of fused-ring (bicyclic) bond motifs is 1. The molecule has 0 aliphatic heterocycles. The number of benzene rings is 1. The molecule has 3 aromatic rings.